The molecular weight excluding hydrogens is 307 g/mol. The Balaban J connectivity index is 2.03. The van der Waals surface area contributed by atoms with Crippen molar-refractivity contribution in [3.8, 4) is 0 Å². The van der Waals surface area contributed by atoms with Gasteiger partial charge in [0.25, 0.3) is 5.91 Å². The van der Waals surface area contributed by atoms with Crippen molar-refractivity contribution in [1.82, 2.24) is 20.5 Å². The monoisotopic (exact) mass is 316 g/mol. The zero-order valence-electron chi connectivity index (χ0n) is 9.98. The average molecular weight is 317 g/mol. The Kier molecular flexibility index (Phi) is 4.68. The van der Waals surface area contributed by atoms with Crippen LogP contribution < -0.4 is 5.32 Å². The van der Waals surface area contributed by atoms with Crippen molar-refractivity contribution >= 4 is 40.4 Å². The van der Waals surface area contributed by atoms with E-state index in [1.807, 2.05) is 6.20 Å². The second kappa shape index (κ2) is 6.27. The van der Waals surface area contributed by atoms with E-state index < -0.39 is 0 Å². The number of rotatable bonds is 4. The first-order chi connectivity index (χ1) is 9.10. The maximum atomic E-state index is 11.9. The van der Waals surface area contributed by atoms with Gasteiger partial charge in [0.1, 0.15) is 5.01 Å². The smallest absolute Gasteiger partial charge is 0.254 e. The van der Waals surface area contributed by atoms with E-state index in [1.54, 1.807) is 11.3 Å². The summed E-state index contributed by atoms with van der Waals surface area (Å²) in [4.78, 5) is 17.3. The molecule has 1 amide bonds. The van der Waals surface area contributed by atoms with Crippen LogP contribution in [0.5, 0.6) is 0 Å². The van der Waals surface area contributed by atoms with E-state index in [2.05, 4.69) is 27.4 Å². The van der Waals surface area contributed by atoms with Crippen molar-refractivity contribution in [2.24, 2.45) is 0 Å². The van der Waals surface area contributed by atoms with Crippen LogP contribution in [0.2, 0.25) is 10.3 Å². The summed E-state index contributed by atoms with van der Waals surface area (Å²) in [5.41, 5.74) is 0.203. The Morgan fingerprint density at radius 2 is 2.21 bits per heavy atom. The summed E-state index contributed by atoms with van der Waals surface area (Å²) in [6.45, 7) is 2.40. The van der Waals surface area contributed by atoms with Crippen LogP contribution in [-0.2, 0) is 13.0 Å². The minimum Gasteiger partial charge on any atom is -0.345 e. The van der Waals surface area contributed by atoms with Gasteiger partial charge in [-0.05, 0) is 12.5 Å². The van der Waals surface area contributed by atoms with Crippen LogP contribution in [0.3, 0.4) is 0 Å². The fourth-order valence-corrected chi connectivity index (χ4v) is 2.48. The van der Waals surface area contributed by atoms with Crippen LogP contribution in [0.1, 0.15) is 27.2 Å². The Bertz CT molecular complexity index is 602. The van der Waals surface area contributed by atoms with Crippen LogP contribution >= 0.6 is 34.5 Å². The molecule has 0 bridgehead atoms. The van der Waals surface area contributed by atoms with Crippen molar-refractivity contribution in [2.45, 2.75) is 19.9 Å². The number of carbonyl (C=O) groups is 1. The molecule has 2 aromatic rings. The number of aryl methyl sites for hydroxylation is 1. The maximum Gasteiger partial charge on any atom is 0.254 e. The fourth-order valence-electron chi connectivity index (χ4n) is 1.36. The molecule has 2 rings (SSSR count). The van der Waals surface area contributed by atoms with Gasteiger partial charge in [-0.25, -0.2) is 4.98 Å². The lowest BCUT2D eigenvalue weighted by molar-refractivity contribution is 0.0950. The Hall–Kier alpha value is -1.24. The number of halogens is 2. The first kappa shape index (κ1) is 14.2. The first-order valence-electron chi connectivity index (χ1n) is 5.50. The number of thiazole rings is 1. The maximum absolute atomic E-state index is 11.9. The molecule has 0 unspecified atom stereocenters. The lowest BCUT2D eigenvalue weighted by atomic mass is 10.3. The second-order valence-corrected chi connectivity index (χ2v) is 5.57. The molecule has 0 aliphatic carbocycles. The molecule has 1 N–H and O–H groups in total. The standard InChI is InChI=1S/C11H10Cl2N4OS/c1-2-6-4-14-9(19-6)5-15-11(18)7-3-8(12)16-17-10(7)13/h3-4H,2,5H2,1H3,(H,15,18). The van der Waals surface area contributed by atoms with E-state index >= 15 is 0 Å². The highest BCUT2D eigenvalue weighted by Gasteiger charge is 2.13. The topological polar surface area (TPSA) is 67.8 Å². The van der Waals surface area contributed by atoms with Crippen molar-refractivity contribution in [1.29, 1.82) is 0 Å². The van der Waals surface area contributed by atoms with Gasteiger partial charge in [-0.1, -0.05) is 30.1 Å². The quantitative estimate of drug-likeness (QED) is 0.941. The SMILES string of the molecule is CCc1cnc(CNC(=O)c2cc(Cl)nnc2Cl)s1. The van der Waals surface area contributed by atoms with E-state index in [0.717, 1.165) is 11.4 Å². The van der Waals surface area contributed by atoms with E-state index in [-0.39, 0.29) is 21.8 Å². The van der Waals surface area contributed by atoms with Gasteiger partial charge >= 0.3 is 0 Å². The third kappa shape index (κ3) is 3.62. The number of aromatic nitrogens is 3. The Morgan fingerprint density at radius 3 is 2.89 bits per heavy atom. The molecule has 0 aliphatic heterocycles. The zero-order chi connectivity index (χ0) is 13.8. The Labute approximate surface area is 124 Å². The first-order valence-corrected chi connectivity index (χ1v) is 7.08. The minimum absolute atomic E-state index is 0.0234. The lowest BCUT2D eigenvalue weighted by Gasteiger charge is -2.04. The number of hydrogen-bond acceptors (Lipinski definition) is 5. The number of carbonyl (C=O) groups excluding carboxylic acids is 1. The molecule has 0 fully saturated rings. The van der Waals surface area contributed by atoms with Crippen molar-refractivity contribution in [3.63, 3.8) is 0 Å². The van der Waals surface area contributed by atoms with Crippen LogP contribution in [0.15, 0.2) is 12.3 Å². The summed E-state index contributed by atoms with van der Waals surface area (Å²) in [6.07, 6.45) is 2.74. The highest BCUT2D eigenvalue weighted by Crippen LogP contribution is 2.16. The van der Waals surface area contributed by atoms with Crippen molar-refractivity contribution in [3.05, 3.63) is 38.0 Å². The van der Waals surface area contributed by atoms with Crippen LogP contribution in [-0.4, -0.2) is 21.1 Å². The van der Waals surface area contributed by atoms with Gasteiger partial charge in [-0.15, -0.1) is 21.5 Å². The third-order valence-corrected chi connectivity index (χ3v) is 3.92. The van der Waals surface area contributed by atoms with E-state index in [0.29, 0.717) is 6.54 Å². The van der Waals surface area contributed by atoms with Crippen LogP contribution in [0, 0.1) is 0 Å². The van der Waals surface area contributed by atoms with Crippen LogP contribution in [0.4, 0.5) is 0 Å². The van der Waals surface area contributed by atoms with E-state index in [4.69, 9.17) is 23.2 Å². The lowest BCUT2D eigenvalue weighted by Crippen LogP contribution is -2.23. The number of amides is 1. The molecule has 0 radical (unpaired) electrons. The number of nitrogens with one attached hydrogen (secondary N) is 1. The molecular formula is C11H10Cl2N4OS. The largest absolute Gasteiger partial charge is 0.345 e. The van der Waals surface area contributed by atoms with Gasteiger partial charge in [0.15, 0.2) is 10.3 Å². The Morgan fingerprint density at radius 1 is 1.42 bits per heavy atom. The molecule has 0 spiro atoms. The summed E-state index contributed by atoms with van der Waals surface area (Å²) in [5.74, 6) is -0.352. The van der Waals surface area contributed by atoms with E-state index in [9.17, 15) is 4.79 Å². The summed E-state index contributed by atoms with van der Waals surface area (Å²) < 4.78 is 0. The highest BCUT2D eigenvalue weighted by molar-refractivity contribution is 7.11. The molecule has 0 saturated heterocycles. The minimum atomic E-state index is -0.352. The average Bonchev–Trinajstić information content (AvgIpc) is 2.87. The van der Waals surface area contributed by atoms with Crippen molar-refractivity contribution in [2.75, 3.05) is 0 Å². The predicted molar refractivity (Wildman–Crippen MR) is 74.7 cm³/mol. The normalized spacial score (nSPS) is 10.5. The third-order valence-electron chi connectivity index (χ3n) is 2.31. The van der Waals surface area contributed by atoms with Gasteiger partial charge < -0.3 is 5.32 Å². The molecule has 5 nitrogen and oxygen atoms in total. The number of nitrogens with zero attached hydrogens (tertiary/aromatic N) is 3. The summed E-state index contributed by atoms with van der Waals surface area (Å²) in [7, 11) is 0. The molecule has 0 atom stereocenters. The van der Waals surface area contributed by atoms with Gasteiger partial charge in [0.05, 0.1) is 12.1 Å². The fraction of sp³-hybridized carbons (Fsp3) is 0.273. The molecule has 0 aliphatic rings. The molecule has 2 heterocycles. The van der Waals surface area contributed by atoms with Crippen molar-refractivity contribution < 1.29 is 4.79 Å². The van der Waals surface area contributed by atoms with E-state index in [1.165, 1.54) is 10.9 Å². The predicted octanol–water partition coefficient (Wildman–Crippen LogP) is 2.73. The summed E-state index contributed by atoms with van der Waals surface area (Å²) in [5, 5.41) is 10.8. The zero-order valence-corrected chi connectivity index (χ0v) is 12.3. The molecule has 0 saturated carbocycles. The highest BCUT2D eigenvalue weighted by atomic mass is 35.5. The number of hydrogen-bond donors (Lipinski definition) is 1. The molecule has 2 aromatic heterocycles. The molecule has 100 valence electrons. The van der Waals surface area contributed by atoms with Gasteiger partial charge in [-0.2, -0.15) is 0 Å². The molecule has 19 heavy (non-hydrogen) atoms. The van der Waals surface area contributed by atoms with Gasteiger partial charge in [0.2, 0.25) is 0 Å². The van der Waals surface area contributed by atoms with Gasteiger partial charge in [-0.3, -0.25) is 4.79 Å². The second-order valence-electron chi connectivity index (χ2n) is 3.63. The molecule has 8 heteroatoms. The van der Waals surface area contributed by atoms with Gasteiger partial charge in [0, 0.05) is 11.1 Å². The van der Waals surface area contributed by atoms with Crippen LogP contribution in [0.25, 0.3) is 0 Å². The summed E-state index contributed by atoms with van der Waals surface area (Å²) >= 11 is 13.0. The molecule has 0 aromatic carbocycles. The summed E-state index contributed by atoms with van der Waals surface area (Å²) in [6, 6.07) is 1.38.